The molecule has 0 aliphatic heterocycles. The molecule has 106 valence electrons. The Bertz CT molecular complexity index is 578. The normalized spacial score (nSPS) is 14.1. The van der Waals surface area contributed by atoms with Gasteiger partial charge < -0.3 is 0 Å². The van der Waals surface area contributed by atoms with Crippen LogP contribution in [0.5, 0.6) is 0 Å². The molecule has 0 bridgehead atoms. The van der Waals surface area contributed by atoms with Gasteiger partial charge in [0.15, 0.2) is 0 Å². The fourth-order valence-electron chi connectivity index (χ4n) is 2.12. The molecule has 0 N–H and O–H groups in total. The Hall–Kier alpha value is -1.05. The maximum Gasteiger partial charge on any atom is 0.146 e. The largest absolute Gasteiger partial charge is 0.205 e. The van der Waals surface area contributed by atoms with E-state index in [9.17, 15) is 4.39 Å². The van der Waals surface area contributed by atoms with Crippen LogP contribution in [0.3, 0.4) is 0 Å². The van der Waals surface area contributed by atoms with Crippen LogP contribution in [0.2, 0.25) is 5.02 Å². The van der Waals surface area contributed by atoms with Crippen molar-refractivity contribution in [2.45, 2.75) is 31.6 Å². The van der Waals surface area contributed by atoms with Crippen LogP contribution in [0, 0.1) is 5.82 Å². The fraction of sp³-hybridized carbons (Fsp3) is 0.294. The van der Waals surface area contributed by atoms with E-state index in [1.165, 1.54) is 11.6 Å². The van der Waals surface area contributed by atoms with Crippen molar-refractivity contribution >= 4 is 23.2 Å². The SMILES string of the molecule is CCC(C)c1ccc(C(Cl)c2cccc(Cl)c2F)cc1. The van der Waals surface area contributed by atoms with Gasteiger partial charge >= 0.3 is 0 Å². The van der Waals surface area contributed by atoms with Crippen LogP contribution < -0.4 is 0 Å². The molecule has 0 radical (unpaired) electrons. The molecule has 0 fully saturated rings. The Morgan fingerprint density at radius 2 is 1.65 bits per heavy atom. The van der Waals surface area contributed by atoms with Crippen LogP contribution in [0.25, 0.3) is 0 Å². The summed E-state index contributed by atoms with van der Waals surface area (Å²) >= 11 is 12.2. The number of hydrogen-bond acceptors (Lipinski definition) is 0. The molecule has 0 aliphatic rings. The van der Waals surface area contributed by atoms with Crippen molar-refractivity contribution < 1.29 is 4.39 Å². The third-order valence-electron chi connectivity index (χ3n) is 3.67. The van der Waals surface area contributed by atoms with Crippen molar-refractivity contribution in [2.75, 3.05) is 0 Å². The lowest BCUT2D eigenvalue weighted by molar-refractivity contribution is 0.613. The van der Waals surface area contributed by atoms with Crippen molar-refractivity contribution in [3.05, 3.63) is 70.0 Å². The first-order valence-corrected chi connectivity index (χ1v) is 7.53. The van der Waals surface area contributed by atoms with Crippen LogP contribution >= 0.6 is 23.2 Å². The molecular formula is C17H17Cl2F. The van der Waals surface area contributed by atoms with Crippen molar-refractivity contribution in [2.24, 2.45) is 0 Å². The number of alkyl halides is 1. The van der Waals surface area contributed by atoms with E-state index in [-0.39, 0.29) is 5.02 Å². The maximum atomic E-state index is 14.0. The van der Waals surface area contributed by atoms with Crippen LogP contribution in [0.15, 0.2) is 42.5 Å². The predicted octanol–water partition coefficient (Wildman–Crippen LogP) is 6.32. The number of halogens is 3. The first-order valence-electron chi connectivity index (χ1n) is 6.72. The second-order valence-corrected chi connectivity index (χ2v) is 5.83. The minimum atomic E-state index is -0.528. The first-order chi connectivity index (χ1) is 9.54. The molecule has 0 aliphatic carbocycles. The molecule has 20 heavy (non-hydrogen) atoms. The van der Waals surface area contributed by atoms with Crippen LogP contribution in [-0.2, 0) is 0 Å². The zero-order valence-electron chi connectivity index (χ0n) is 11.5. The van der Waals surface area contributed by atoms with E-state index in [1.807, 2.05) is 12.1 Å². The zero-order chi connectivity index (χ0) is 14.7. The van der Waals surface area contributed by atoms with E-state index in [0.717, 1.165) is 12.0 Å². The Kier molecular flexibility index (Phi) is 5.06. The number of rotatable bonds is 4. The summed E-state index contributed by atoms with van der Waals surface area (Å²) in [7, 11) is 0. The van der Waals surface area contributed by atoms with Gasteiger partial charge in [0.25, 0.3) is 0 Å². The first kappa shape index (κ1) is 15.3. The highest BCUT2D eigenvalue weighted by Crippen LogP contribution is 2.33. The number of benzene rings is 2. The summed E-state index contributed by atoms with van der Waals surface area (Å²) in [5.41, 5.74) is 2.56. The fourth-order valence-corrected chi connectivity index (χ4v) is 2.62. The highest BCUT2D eigenvalue weighted by molar-refractivity contribution is 6.31. The van der Waals surface area contributed by atoms with Gasteiger partial charge in [-0.1, -0.05) is 61.8 Å². The van der Waals surface area contributed by atoms with Crippen molar-refractivity contribution in [1.82, 2.24) is 0 Å². The van der Waals surface area contributed by atoms with Gasteiger partial charge in [-0.2, -0.15) is 0 Å². The summed E-state index contributed by atoms with van der Waals surface area (Å²) in [6, 6.07) is 12.9. The third kappa shape index (κ3) is 3.16. The van der Waals surface area contributed by atoms with E-state index in [0.29, 0.717) is 11.5 Å². The third-order valence-corrected chi connectivity index (χ3v) is 4.44. The molecule has 0 heterocycles. The van der Waals surface area contributed by atoms with Crippen LogP contribution in [-0.4, -0.2) is 0 Å². The highest BCUT2D eigenvalue weighted by atomic mass is 35.5. The molecule has 2 rings (SSSR count). The molecule has 0 saturated carbocycles. The monoisotopic (exact) mass is 310 g/mol. The van der Waals surface area contributed by atoms with Gasteiger partial charge in [0.05, 0.1) is 10.4 Å². The molecule has 0 aromatic heterocycles. The molecule has 0 spiro atoms. The smallest absolute Gasteiger partial charge is 0.146 e. The zero-order valence-corrected chi connectivity index (χ0v) is 13.0. The Morgan fingerprint density at radius 3 is 2.25 bits per heavy atom. The standard InChI is InChI=1S/C17H17Cl2F/c1-3-11(2)12-7-9-13(10-8-12)16(19)14-5-4-6-15(18)17(14)20/h4-11,16H,3H2,1-2H3. The maximum absolute atomic E-state index is 14.0. The molecular weight excluding hydrogens is 294 g/mol. The molecule has 0 amide bonds. The van der Waals surface area contributed by atoms with E-state index in [1.54, 1.807) is 12.1 Å². The Morgan fingerprint density at radius 1 is 1.05 bits per heavy atom. The number of hydrogen-bond donors (Lipinski definition) is 0. The van der Waals surface area contributed by atoms with Gasteiger partial charge in [-0.25, -0.2) is 4.39 Å². The topological polar surface area (TPSA) is 0 Å². The summed E-state index contributed by atoms with van der Waals surface area (Å²) in [5, 5.41) is -0.427. The van der Waals surface area contributed by atoms with E-state index in [2.05, 4.69) is 26.0 Å². The molecule has 2 atom stereocenters. The van der Waals surface area contributed by atoms with E-state index in [4.69, 9.17) is 23.2 Å². The van der Waals surface area contributed by atoms with Crippen molar-refractivity contribution in [3.63, 3.8) is 0 Å². The van der Waals surface area contributed by atoms with Crippen LogP contribution in [0.4, 0.5) is 4.39 Å². The second kappa shape index (κ2) is 6.60. The lowest BCUT2D eigenvalue weighted by Crippen LogP contribution is -1.99. The Labute approximate surface area is 129 Å². The van der Waals surface area contributed by atoms with Gasteiger partial charge in [0, 0.05) is 5.56 Å². The molecule has 0 nitrogen and oxygen atoms in total. The van der Waals surface area contributed by atoms with Crippen molar-refractivity contribution in [1.29, 1.82) is 0 Å². The highest BCUT2D eigenvalue weighted by Gasteiger charge is 2.17. The summed E-state index contributed by atoms with van der Waals surface area (Å²) in [6.07, 6.45) is 1.09. The quantitative estimate of drug-likeness (QED) is 0.579. The minimum Gasteiger partial charge on any atom is -0.205 e. The second-order valence-electron chi connectivity index (χ2n) is 4.98. The minimum absolute atomic E-state index is 0.101. The molecule has 2 aromatic rings. The van der Waals surface area contributed by atoms with Gasteiger partial charge in [-0.3, -0.25) is 0 Å². The summed E-state index contributed by atoms with van der Waals surface area (Å²) in [6.45, 7) is 4.34. The van der Waals surface area contributed by atoms with Gasteiger partial charge in [0.2, 0.25) is 0 Å². The summed E-state index contributed by atoms with van der Waals surface area (Å²) in [4.78, 5) is 0. The average Bonchev–Trinajstić information content (AvgIpc) is 2.48. The molecule has 2 aromatic carbocycles. The lowest BCUT2D eigenvalue weighted by Gasteiger charge is -2.14. The van der Waals surface area contributed by atoms with Gasteiger partial charge in [-0.05, 0) is 29.5 Å². The average molecular weight is 311 g/mol. The van der Waals surface area contributed by atoms with Crippen molar-refractivity contribution in [3.8, 4) is 0 Å². The molecule has 2 unspecified atom stereocenters. The lowest BCUT2D eigenvalue weighted by atomic mass is 9.96. The summed E-state index contributed by atoms with van der Waals surface area (Å²) in [5.74, 6) is 0.0703. The van der Waals surface area contributed by atoms with E-state index >= 15 is 0 Å². The van der Waals surface area contributed by atoms with Gasteiger partial charge in [0.1, 0.15) is 5.82 Å². The summed E-state index contributed by atoms with van der Waals surface area (Å²) < 4.78 is 14.0. The molecule has 3 heteroatoms. The van der Waals surface area contributed by atoms with E-state index < -0.39 is 11.2 Å². The molecule has 0 saturated heterocycles. The van der Waals surface area contributed by atoms with Crippen LogP contribution in [0.1, 0.15) is 48.3 Å². The predicted molar refractivity (Wildman–Crippen MR) is 84.3 cm³/mol. The van der Waals surface area contributed by atoms with Gasteiger partial charge in [-0.15, -0.1) is 11.6 Å². The Balaban J connectivity index is 2.29.